The van der Waals surface area contributed by atoms with Gasteiger partial charge in [-0.3, -0.25) is 9.89 Å². The van der Waals surface area contributed by atoms with Gasteiger partial charge in [0.25, 0.3) is 5.91 Å². The molecule has 5 N–H and O–H groups in total. The van der Waals surface area contributed by atoms with Crippen LogP contribution in [0.5, 0.6) is 28.7 Å². The smallest absolute Gasteiger partial charge is 0.262 e. The zero-order chi connectivity index (χ0) is 27.1. The van der Waals surface area contributed by atoms with Crippen molar-refractivity contribution in [3.8, 4) is 40.0 Å². The lowest BCUT2D eigenvalue weighted by molar-refractivity contribution is -0.118. The number of nitrogens with two attached hydrogens (primary N) is 1. The molecule has 0 fully saturated rings. The van der Waals surface area contributed by atoms with E-state index in [2.05, 4.69) is 20.6 Å². The molecule has 0 spiro atoms. The van der Waals surface area contributed by atoms with Crippen LogP contribution in [0.1, 0.15) is 25.1 Å². The van der Waals surface area contributed by atoms with Gasteiger partial charge in [0, 0.05) is 17.3 Å². The third-order valence-electron chi connectivity index (χ3n) is 5.60. The third-order valence-corrected chi connectivity index (χ3v) is 5.60. The Morgan fingerprint density at radius 2 is 1.87 bits per heavy atom. The van der Waals surface area contributed by atoms with Crippen molar-refractivity contribution in [1.82, 2.24) is 10.2 Å². The van der Waals surface area contributed by atoms with Gasteiger partial charge in [0.05, 0.1) is 18.0 Å². The molecule has 0 aliphatic rings. The molecule has 4 rings (SSSR count). The predicted octanol–water partition coefficient (Wildman–Crippen LogP) is 4.98. The zero-order valence-corrected chi connectivity index (χ0v) is 21.3. The number of phenols is 1. The van der Waals surface area contributed by atoms with Gasteiger partial charge in [-0.05, 0) is 62.7 Å². The van der Waals surface area contributed by atoms with E-state index in [1.54, 1.807) is 43.3 Å². The number of rotatable bonds is 10. The molecule has 0 unspecified atom stereocenters. The number of nitrogens with zero attached hydrogens (tertiary/aromatic N) is 2. The maximum absolute atomic E-state index is 12.4. The van der Waals surface area contributed by atoms with Crippen molar-refractivity contribution in [3.63, 3.8) is 0 Å². The molecule has 0 bridgehead atoms. The number of nitrogens with one attached hydrogen (secondary N) is 2. The number of carbonyl (C=O) groups is 1. The van der Waals surface area contributed by atoms with Crippen LogP contribution >= 0.6 is 0 Å². The van der Waals surface area contributed by atoms with Crippen LogP contribution in [0, 0.1) is 6.92 Å². The number of hydrogen-bond donors (Lipinski definition) is 4. The van der Waals surface area contributed by atoms with Crippen molar-refractivity contribution in [2.45, 2.75) is 20.8 Å². The van der Waals surface area contributed by atoms with Crippen molar-refractivity contribution in [1.29, 1.82) is 0 Å². The second-order valence-electron chi connectivity index (χ2n) is 8.32. The molecule has 10 nitrogen and oxygen atoms in total. The maximum Gasteiger partial charge on any atom is 0.262 e. The lowest BCUT2D eigenvalue weighted by Crippen LogP contribution is -2.20. The standard InChI is InChI=1S/C28H29N5O5/c1-4-36-24-10-5-6-11-25(24)38-28-18(3)32-33-27(28)22-13-12-21(15-23(22)34)37-16-26(35)30-20-9-7-8-19(14-20)17(2)31-29/h5-15,34H,4,16,29H2,1-3H3,(H,30,35)(H,32,33)/b31-17+. The van der Waals surface area contributed by atoms with E-state index in [1.807, 2.05) is 38.1 Å². The Morgan fingerprint density at radius 3 is 2.61 bits per heavy atom. The number of hydrazone groups is 1. The highest BCUT2D eigenvalue weighted by molar-refractivity contribution is 6.00. The topological polar surface area (TPSA) is 144 Å². The lowest BCUT2D eigenvalue weighted by Gasteiger charge is -2.13. The first kappa shape index (κ1) is 26.1. The number of carbonyl (C=O) groups excluding carboxylic acids is 1. The van der Waals surface area contributed by atoms with Crippen LogP contribution < -0.4 is 25.4 Å². The molecule has 0 saturated carbocycles. The average Bonchev–Trinajstić information content (AvgIpc) is 3.28. The number of para-hydroxylation sites is 2. The van der Waals surface area contributed by atoms with Crippen molar-refractivity contribution in [2.75, 3.05) is 18.5 Å². The van der Waals surface area contributed by atoms with Crippen LogP contribution in [-0.2, 0) is 4.79 Å². The monoisotopic (exact) mass is 515 g/mol. The van der Waals surface area contributed by atoms with Gasteiger partial charge >= 0.3 is 0 Å². The number of amides is 1. The number of hydrogen-bond acceptors (Lipinski definition) is 8. The van der Waals surface area contributed by atoms with E-state index in [9.17, 15) is 9.90 Å². The number of aryl methyl sites for hydroxylation is 1. The van der Waals surface area contributed by atoms with E-state index in [0.717, 1.165) is 5.56 Å². The van der Waals surface area contributed by atoms with E-state index < -0.39 is 0 Å². The zero-order valence-electron chi connectivity index (χ0n) is 21.3. The van der Waals surface area contributed by atoms with Crippen LogP contribution in [-0.4, -0.2) is 40.1 Å². The lowest BCUT2D eigenvalue weighted by atomic mass is 10.1. The Kier molecular flexibility index (Phi) is 8.12. The fourth-order valence-corrected chi connectivity index (χ4v) is 3.69. The van der Waals surface area contributed by atoms with Gasteiger partial charge in [0.2, 0.25) is 0 Å². The fraction of sp³-hybridized carbons (Fsp3) is 0.179. The molecule has 0 atom stereocenters. The summed E-state index contributed by atoms with van der Waals surface area (Å²) in [4.78, 5) is 12.4. The van der Waals surface area contributed by atoms with Crippen molar-refractivity contribution in [3.05, 3.63) is 78.0 Å². The molecule has 0 radical (unpaired) electrons. The SMILES string of the molecule is CCOc1ccccc1Oc1c(-c2ccc(OCC(=O)Nc3cccc(/C(C)=N/N)c3)cc2O)n[nH]c1C. The van der Waals surface area contributed by atoms with Crippen LogP contribution in [0.3, 0.4) is 0 Å². The quantitative estimate of drug-likeness (QED) is 0.132. The number of anilines is 1. The summed E-state index contributed by atoms with van der Waals surface area (Å²) in [7, 11) is 0. The summed E-state index contributed by atoms with van der Waals surface area (Å²) in [5, 5.41) is 24.4. The molecule has 1 heterocycles. The summed E-state index contributed by atoms with van der Waals surface area (Å²) >= 11 is 0. The minimum atomic E-state index is -0.361. The van der Waals surface area contributed by atoms with Crippen LogP contribution in [0.15, 0.2) is 71.8 Å². The molecule has 4 aromatic rings. The van der Waals surface area contributed by atoms with Crippen LogP contribution in [0.2, 0.25) is 0 Å². The van der Waals surface area contributed by atoms with E-state index in [-0.39, 0.29) is 18.3 Å². The molecule has 0 aliphatic heterocycles. The Morgan fingerprint density at radius 1 is 1.08 bits per heavy atom. The summed E-state index contributed by atoms with van der Waals surface area (Å²) in [6.45, 7) is 5.74. The van der Waals surface area contributed by atoms with Crippen LogP contribution in [0.25, 0.3) is 11.3 Å². The predicted molar refractivity (Wildman–Crippen MR) is 145 cm³/mol. The van der Waals surface area contributed by atoms with E-state index in [1.165, 1.54) is 6.07 Å². The molecule has 3 aromatic carbocycles. The molecule has 1 amide bonds. The number of aromatic nitrogens is 2. The number of ether oxygens (including phenoxy) is 3. The first-order valence-electron chi connectivity index (χ1n) is 11.9. The third kappa shape index (κ3) is 6.04. The summed E-state index contributed by atoms with van der Waals surface area (Å²) in [6.07, 6.45) is 0. The minimum Gasteiger partial charge on any atom is -0.507 e. The molecule has 10 heteroatoms. The van der Waals surface area contributed by atoms with Crippen molar-refractivity contribution >= 4 is 17.3 Å². The summed E-state index contributed by atoms with van der Waals surface area (Å²) in [5.74, 6) is 6.79. The summed E-state index contributed by atoms with van der Waals surface area (Å²) in [5.41, 5.74) is 3.57. The number of aromatic amines is 1. The van der Waals surface area contributed by atoms with Gasteiger partial charge < -0.3 is 30.5 Å². The van der Waals surface area contributed by atoms with Crippen molar-refractivity contribution < 1.29 is 24.1 Å². The molecular weight excluding hydrogens is 486 g/mol. The number of aromatic hydroxyl groups is 1. The normalized spacial score (nSPS) is 11.2. The van der Waals surface area contributed by atoms with Gasteiger partial charge in [-0.1, -0.05) is 24.3 Å². The number of phenolic OH excluding ortho intramolecular Hbond substituents is 1. The van der Waals surface area contributed by atoms with Gasteiger partial charge in [-0.25, -0.2) is 0 Å². The maximum atomic E-state index is 12.4. The molecule has 0 aliphatic carbocycles. The minimum absolute atomic E-state index is 0.0819. The summed E-state index contributed by atoms with van der Waals surface area (Å²) in [6, 6.07) is 19.2. The number of benzene rings is 3. The highest BCUT2D eigenvalue weighted by atomic mass is 16.5. The average molecular weight is 516 g/mol. The highest BCUT2D eigenvalue weighted by Gasteiger charge is 2.20. The molecule has 196 valence electrons. The van der Waals surface area contributed by atoms with Gasteiger partial charge in [0.1, 0.15) is 17.2 Å². The molecule has 1 aromatic heterocycles. The Bertz CT molecular complexity index is 1460. The van der Waals surface area contributed by atoms with E-state index in [4.69, 9.17) is 20.1 Å². The molecule has 0 saturated heterocycles. The summed E-state index contributed by atoms with van der Waals surface area (Å²) < 4.78 is 17.4. The molecule has 38 heavy (non-hydrogen) atoms. The van der Waals surface area contributed by atoms with Gasteiger partial charge in [0.15, 0.2) is 23.9 Å². The first-order valence-corrected chi connectivity index (χ1v) is 11.9. The largest absolute Gasteiger partial charge is 0.507 e. The van der Waals surface area contributed by atoms with Crippen molar-refractivity contribution in [2.24, 2.45) is 10.9 Å². The molecular formula is C28H29N5O5. The van der Waals surface area contributed by atoms with E-state index in [0.29, 0.717) is 58.0 Å². The van der Waals surface area contributed by atoms with E-state index >= 15 is 0 Å². The van der Waals surface area contributed by atoms with Crippen LogP contribution in [0.4, 0.5) is 5.69 Å². The highest BCUT2D eigenvalue weighted by Crippen LogP contribution is 2.41. The Hall–Kier alpha value is -4.99. The van der Waals surface area contributed by atoms with Gasteiger partial charge in [-0.15, -0.1) is 0 Å². The van der Waals surface area contributed by atoms with Gasteiger partial charge in [-0.2, -0.15) is 10.2 Å². The second kappa shape index (κ2) is 11.8. The Balaban J connectivity index is 1.45. The Labute approximate surface area is 220 Å². The first-order chi connectivity index (χ1) is 18.4. The fourth-order valence-electron chi connectivity index (χ4n) is 3.69. The second-order valence-corrected chi connectivity index (χ2v) is 8.32. The number of H-pyrrole nitrogens is 1.